The van der Waals surface area contributed by atoms with Gasteiger partial charge in [0.2, 0.25) is 0 Å². The van der Waals surface area contributed by atoms with Gasteiger partial charge in [-0.15, -0.1) is 7.54 Å². The lowest BCUT2D eigenvalue weighted by molar-refractivity contribution is 0.597. The molecule has 39 heavy (non-hydrogen) atoms. The van der Waals surface area contributed by atoms with Gasteiger partial charge in [-0.25, -0.2) is 0 Å². The second-order valence-corrected chi connectivity index (χ2v) is 16.1. The number of sulfonamides is 2. The molecule has 0 saturated heterocycles. The molecule has 0 aliphatic heterocycles. The van der Waals surface area contributed by atoms with E-state index in [9.17, 15) is 16.8 Å². The van der Waals surface area contributed by atoms with E-state index in [2.05, 4.69) is 7.54 Å². The first-order valence-corrected chi connectivity index (χ1v) is 17.8. The van der Waals surface area contributed by atoms with Crippen molar-refractivity contribution in [2.45, 2.75) is 39.9 Å². The van der Waals surface area contributed by atoms with Gasteiger partial charge in [-0.1, -0.05) is 93.2 Å². The Morgan fingerprint density at radius 3 is 1.18 bits per heavy atom. The van der Waals surface area contributed by atoms with E-state index in [1.54, 1.807) is 48.5 Å². The van der Waals surface area contributed by atoms with Crippen LogP contribution in [0.5, 0.6) is 0 Å². The summed E-state index contributed by atoms with van der Waals surface area (Å²) in [5.74, 6) is 0.900. The molecule has 204 valence electrons. The Balaban J connectivity index is 1.64. The van der Waals surface area contributed by atoms with Crippen LogP contribution in [0.2, 0.25) is 0 Å². The summed E-state index contributed by atoms with van der Waals surface area (Å²) >= 11 is 0. The summed E-state index contributed by atoms with van der Waals surface area (Å²) in [5.41, 5.74) is 1.93. The molecule has 2 unspecified atom stereocenters. The summed E-state index contributed by atoms with van der Waals surface area (Å²) < 4.78 is 61.3. The van der Waals surface area contributed by atoms with Crippen molar-refractivity contribution in [2.24, 2.45) is 7.54 Å². The number of rotatable bonds is 10. The van der Waals surface area contributed by atoms with E-state index in [1.165, 1.54) is 0 Å². The first-order chi connectivity index (χ1) is 18.6. The molecule has 0 heterocycles. The van der Waals surface area contributed by atoms with Gasteiger partial charge in [-0.05, 0) is 68.8 Å². The van der Waals surface area contributed by atoms with E-state index in [-0.39, 0.29) is 9.79 Å². The Morgan fingerprint density at radius 1 is 0.513 bits per heavy atom. The quantitative estimate of drug-likeness (QED) is 0.208. The summed E-state index contributed by atoms with van der Waals surface area (Å²) in [6.07, 6.45) is 0.538. The minimum atomic E-state index is -3.88. The SMILES string of the molecule is Cc1ccc(S(=O)(=O)N=S(CCCS(=NS(=O)(=O)c2ccc(C)cc2)c2ccccc2)c2ccccc2)cc1. The molecule has 0 aromatic heterocycles. The van der Waals surface area contributed by atoms with Gasteiger partial charge in [0.05, 0.1) is 9.79 Å². The van der Waals surface area contributed by atoms with Gasteiger partial charge in [0.25, 0.3) is 20.0 Å². The number of nitrogens with zero attached hydrogens (tertiary/aromatic N) is 2. The van der Waals surface area contributed by atoms with Crippen molar-refractivity contribution in [2.75, 3.05) is 11.5 Å². The van der Waals surface area contributed by atoms with Crippen LogP contribution in [0.3, 0.4) is 0 Å². The van der Waals surface area contributed by atoms with E-state index in [0.29, 0.717) is 17.9 Å². The van der Waals surface area contributed by atoms with Gasteiger partial charge in [0.1, 0.15) is 0 Å². The van der Waals surface area contributed by atoms with E-state index < -0.39 is 41.4 Å². The average Bonchev–Trinajstić information content (AvgIpc) is 2.93. The molecule has 10 heteroatoms. The lowest BCUT2D eigenvalue weighted by Crippen LogP contribution is -2.09. The molecule has 0 amide bonds. The smallest absolute Gasteiger partial charge is 0.199 e. The maximum absolute atomic E-state index is 13.2. The maximum Gasteiger partial charge on any atom is 0.288 e. The maximum atomic E-state index is 13.2. The third kappa shape index (κ3) is 8.04. The Bertz CT molecular complexity index is 1560. The van der Waals surface area contributed by atoms with Gasteiger partial charge in [0.15, 0.2) is 0 Å². The second kappa shape index (κ2) is 13.0. The molecule has 2 atom stereocenters. The molecule has 4 aromatic rings. The van der Waals surface area contributed by atoms with Gasteiger partial charge < -0.3 is 0 Å². The fourth-order valence-electron chi connectivity index (χ4n) is 3.63. The topological polar surface area (TPSA) is 93.0 Å². The van der Waals surface area contributed by atoms with Crippen molar-refractivity contribution >= 4 is 41.4 Å². The van der Waals surface area contributed by atoms with Crippen LogP contribution in [0, 0.1) is 13.8 Å². The second-order valence-electron chi connectivity index (χ2n) is 8.84. The zero-order chi connectivity index (χ0) is 27.9. The van der Waals surface area contributed by atoms with E-state index in [0.717, 1.165) is 20.9 Å². The molecule has 4 rings (SSSR count). The van der Waals surface area contributed by atoms with Crippen LogP contribution in [0.15, 0.2) is 136 Å². The Morgan fingerprint density at radius 2 is 0.846 bits per heavy atom. The predicted octanol–water partition coefficient (Wildman–Crippen LogP) is 6.49. The van der Waals surface area contributed by atoms with Crippen LogP contribution in [-0.4, -0.2) is 28.3 Å². The molecule has 6 nitrogen and oxygen atoms in total. The molecule has 0 aliphatic rings. The minimum Gasteiger partial charge on any atom is -0.199 e. The first-order valence-electron chi connectivity index (χ1n) is 12.3. The summed E-state index contributed by atoms with van der Waals surface area (Å²) in [7, 11) is -9.65. The molecule has 0 spiro atoms. The monoisotopic (exact) mass is 598 g/mol. The fraction of sp³-hybridized carbons (Fsp3) is 0.172. The van der Waals surface area contributed by atoms with Crippen LogP contribution >= 0.6 is 0 Å². The van der Waals surface area contributed by atoms with Gasteiger partial charge >= 0.3 is 0 Å². The van der Waals surface area contributed by atoms with E-state index in [1.807, 2.05) is 74.5 Å². The molecule has 0 aliphatic carbocycles. The van der Waals surface area contributed by atoms with E-state index in [4.69, 9.17) is 0 Å². The van der Waals surface area contributed by atoms with Crippen molar-refractivity contribution in [1.82, 2.24) is 0 Å². The highest BCUT2D eigenvalue weighted by Crippen LogP contribution is 2.21. The van der Waals surface area contributed by atoms with Crippen LogP contribution in [0.1, 0.15) is 17.5 Å². The van der Waals surface area contributed by atoms with Crippen molar-refractivity contribution in [3.63, 3.8) is 0 Å². The van der Waals surface area contributed by atoms with Crippen LogP contribution in [0.25, 0.3) is 0 Å². The van der Waals surface area contributed by atoms with Crippen molar-refractivity contribution in [3.8, 4) is 0 Å². The van der Waals surface area contributed by atoms with Gasteiger partial charge in [-0.2, -0.15) is 16.8 Å². The van der Waals surface area contributed by atoms with Gasteiger partial charge in [-0.3, -0.25) is 0 Å². The van der Waals surface area contributed by atoms with Crippen LogP contribution in [0.4, 0.5) is 0 Å². The Kier molecular flexibility index (Phi) is 9.66. The Labute approximate surface area is 236 Å². The highest BCUT2D eigenvalue weighted by Gasteiger charge is 2.17. The highest BCUT2D eigenvalue weighted by atomic mass is 32.3. The molecular weight excluding hydrogens is 569 g/mol. The van der Waals surface area contributed by atoms with Gasteiger partial charge in [0, 0.05) is 21.3 Å². The number of hydrogen-bond donors (Lipinski definition) is 0. The van der Waals surface area contributed by atoms with Crippen molar-refractivity contribution in [3.05, 3.63) is 120 Å². The number of aryl methyl sites for hydroxylation is 2. The molecule has 0 fully saturated rings. The van der Waals surface area contributed by atoms with Crippen LogP contribution in [-0.2, 0) is 41.4 Å². The number of hydrogen-bond acceptors (Lipinski definition) is 4. The molecular formula is C29H30N2O4S4. The molecule has 4 aromatic carbocycles. The lowest BCUT2D eigenvalue weighted by atomic mass is 10.2. The normalized spacial score (nSPS) is 13.8. The van der Waals surface area contributed by atoms with Crippen molar-refractivity contribution in [1.29, 1.82) is 0 Å². The zero-order valence-corrected chi connectivity index (χ0v) is 24.9. The first kappa shape index (κ1) is 29.1. The Hall–Kier alpha value is -2.92. The van der Waals surface area contributed by atoms with Crippen LogP contribution < -0.4 is 0 Å². The fourth-order valence-corrected chi connectivity index (χ4v) is 10.9. The molecule has 0 bridgehead atoms. The number of benzene rings is 4. The summed E-state index contributed by atoms with van der Waals surface area (Å²) in [6.45, 7) is 3.80. The molecule has 0 saturated carbocycles. The van der Waals surface area contributed by atoms with E-state index >= 15 is 0 Å². The molecule has 0 N–H and O–H groups in total. The lowest BCUT2D eigenvalue weighted by Gasteiger charge is -2.12. The zero-order valence-electron chi connectivity index (χ0n) is 21.7. The summed E-state index contributed by atoms with van der Waals surface area (Å²) in [5, 5.41) is 0. The third-order valence-corrected chi connectivity index (χ3v) is 13.4. The standard InChI is InChI=1S/C29H30N2O4S4/c1-24-14-18-28(19-15-24)38(32,33)30-36(26-10-5-3-6-11-26)22-9-23-37(27-12-7-4-8-13-27)31-39(34,35)29-20-16-25(2)17-21-29/h3-8,10-21H,9,22-23H2,1-2H3. The largest absolute Gasteiger partial charge is 0.288 e. The molecule has 0 radical (unpaired) electrons. The summed E-state index contributed by atoms with van der Waals surface area (Å²) in [6, 6.07) is 32.0. The highest BCUT2D eigenvalue weighted by molar-refractivity contribution is 8.01. The van der Waals surface area contributed by atoms with Crippen molar-refractivity contribution < 1.29 is 16.8 Å². The minimum absolute atomic E-state index is 0.157. The third-order valence-electron chi connectivity index (χ3n) is 5.72. The average molecular weight is 599 g/mol. The summed E-state index contributed by atoms with van der Waals surface area (Å²) in [4.78, 5) is 1.95. The predicted molar refractivity (Wildman–Crippen MR) is 160 cm³/mol.